The van der Waals surface area contributed by atoms with E-state index in [1.54, 1.807) is 0 Å². The molecule has 0 amide bonds. The molecule has 0 saturated carbocycles. The molecule has 0 unspecified atom stereocenters. The highest BCUT2D eigenvalue weighted by Crippen LogP contribution is 2.60. The third-order valence-corrected chi connectivity index (χ3v) is 11.7. The van der Waals surface area contributed by atoms with Gasteiger partial charge in [0.25, 0.3) is 0 Å². The predicted molar refractivity (Wildman–Crippen MR) is 228 cm³/mol. The largest absolute Gasteiger partial charge is 0.457 e. The molecule has 0 radical (unpaired) electrons. The van der Waals surface area contributed by atoms with Gasteiger partial charge in [0.1, 0.15) is 11.5 Å². The first-order valence-electron chi connectivity index (χ1n) is 19.3. The van der Waals surface area contributed by atoms with Crippen LogP contribution in [-0.2, 0) is 5.41 Å². The molecular formula is C52H32N4O. The van der Waals surface area contributed by atoms with Gasteiger partial charge in [-0.1, -0.05) is 164 Å². The molecule has 2 aromatic heterocycles. The molecule has 0 bridgehead atoms. The molecule has 10 aromatic rings. The van der Waals surface area contributed by atoms with Crippen LogP contribution >= 0.6 is 0 Å². The quantitative estimate of drug-likeness (QED) is 0.181. The molecule has 8 aromatic carbocycles. The number of benzene rings is 8. The Morgan fingerprint density at radius 1 is 0.368 bits per heavy atom. The van der Waals surface area contributed by atoms with Gasteiger partial charge in [-0.2, -0.15) is 0 Å². The van der Waals surface area contributed by atoms with E-state index in [4.69, 9.17) is 19.7 Å². The van der Waals surface area contributed by atoms with Crippen LogP contribution in [0.4, 0.5) is 0 Å². The molecule has 57 heavy (non-hydrogen) atoms. The van der Waals surface area contributed by atoms with Crippen LogP contribution in [0.25, 0.3) is 72.8 Å². The van der Waals surface area contributed by atoms with E-state index in [2.05, 4.69) is 138 Å². The molecule has 1 spiro atoms. The number of fused-ring (bicyclic) bond motifs is 11. The number of aromatic nitrogens is 4. The summed E-state index contributed by atoms with van der Waals surface area (Å²) in [7, 11) is 0. The Hall–Kier alpha value is -7.63. The second kappa shape index (κ2) is 12.2. The van der Waals surface area contributed by atoms with Crippen LogP contribution in [0.3, 0.4) is 0 Å². The van der Waals surface area contributed by atoms with E-state index in [-0.39, 0.29) is 0 Å². The van der Waals surface area contributed by atoms with Gasteiger partial charge in [-0.05, 0) is 52.6 Å². The number of rotatable bonds is 4. The van der Waals surface area contributed by atoms with Gasteiger partial charge in [-0.3, -0.25) is 0 Å². The summed E-state index contributed by atoms with van der Waals surface area (Å²) in [6.45, 7) is 0. The number of ether oxygens (including phenoxy) is 1. The highest BCUT2D eigenvalue weighted by molar-refractivity contribution is 6.12. The molecule has 0 N–H and O–H groups in total. The molecule has 1 atom stereocenters. The number of nitrogens with zero attached hydrogens (tertiary/aromatic N) is 4. The Balaban J connectivity index is 1.05. The first-order valence-corrected chi connectivity index (χ1v) is 19.3. The van der Waals surface area contributed by atoms with Gasteiger partial charge in [0.15, 0.2) is 17.5 Å². The van der Waals surface area contributed by atoms with Crippen molar-refractivity contribution in [3.63, 3.8) is 0 Å². The van der Waals surface area contributed by atoms with Crippen LogP contribution in [-0.4, -0.2) is 19.5 Å². The fourth-order valence-corrected chi connectivity index (χ4v) is 9.25. The van der Waals surface area contributed by atoms with Gasteiger partial charge in [0, 0.05) is 38.6 Å². The van der Waals surface area contributed by atoms with Crippen molar-refractivity contribution < 1.29 is 4.74 Å². The van der Waals surface area contributed by atoms with E-state index in [1.165, 1.54) is 38.6 Å². The van der Waals surface area contributed by atoms with Gasteiger partial charge < -0.3 is 9.30 Å². The zero-order chi connectivity index (χ0) is 37.5. The van der Waals surface area contributed by atoms with Gasteiger partial charge in [-0.25, -0.2) is 15.0 Å². The maximum absolute atomic E-state index is 6.80. The van der Waals surface area contributed by atoms with Crippen molar-refractivity contribution in [2.75, 3.05) is 0 Å². The molecule has 12 rings (SSSR count). The van der Waals surface area contributed by atoms with Gasteiger partial charge >= 0.3 is 0 Å². The van der Waals surface area contributed by atoms with Crippen LogP contribution in [0.1, 0.15) is 22.3 Å². The summed E-state index contributed by atoms with van der Waals surface area (Å²) < 4.78 is 9.26. The molecule has 266 valence electrons. The topological polar surface area (TPSA) is 52.8 Å². The van der Waals surface area contributed by atoms with Crippen molar-refractivity contribution >= 4 is 21.8 Å². The third kappa shape index (κ3) is 4.60. The van der Waals surface area contributed by atoms with E-state index in [0.29, 0.717) is 17.5 Å². The average molecular weight is 729 g/mol. The summed E-state index contributed by atoms with van der Waals surface area (Å²) in [4.78, 5) is 14.8. The fraction of sp³-hybridized carbons (Fsp3) is 0.0192. The lowest BCUT2D eigenvalue weighted by Crippen LogP contribution is -2.37. The second-order valence-corrected chi connectivity index (χ2v) is 14.7. The standard InChI is InChI=1S/C52H32N4O/c1-3-14-34(15-4-1)49-53-50(35-16-5-2-6-17-35)55-51(54-49)36-28-26-33(27-29-36)37-30-31-47-43(32-37)52(41-21-9-12-25-46(41)57-47)40-20-8-11-24-45(40)56-44-23-10-7-18-38(44)39-19-13-22-42(52)48(39)56/h1-32H/t52-/m1/s1. The molecule has 0 saturated heterocycles. The summed E-state index contributed by atoms with van der Waals surface area (Å²) in [5.41, 5.74) is 12.7. The first kappa shape index (κ1) is 31.7. The molecular weight excluding hydrogens is 697 g/mol. The highest BCUT2D eigenvalue weighted by atomic mass is 16.5. The normalized spacial score (nSPS) is 14.9. The molecule has 2 aliphatic rings. The molecule has 5 heteroatoms. The third-order valence-electron chi connectivity index (χ3n) is 11.7. The zero-order valence-electron chi connectivity index (χ0n) is 30.7. The Bertz CT molecular complexity index is 3150. The number of hydrogen-bond acceptors (Lipinski definition) is 4. The number of hydrogen-bond donors (Lipinski definition) is 0. The van der Waals surface area contributed by atoms with Crippen LogP contribution in [0, 0.1) is 0 Å². The maximum Gasteiger partial charge on any atom is 0.164 e. The van der Waals surface area contributed by atoms with Gasteiger partial charge in [0.05, 0.1) is 22.1 Å². The minimum Gasteiger partial charge on any atom is -0.457 e. The Kier molecular flexibility index (Phi) is 6.78. The lowest BCUT2D eigenvalue weighted by atomic mass is 9.61. The lowest BCUT2D eigenvalue weighted by Gasteiger charge is -2.45. The SMILES string of the molecule is c1ccc(-c2nc(-c3ccccc3)nc(-c3ccc(-c4ccc5c(c4)[C@@]4(c6ccccc6O5)c5ccccc5-n5c6ccccc6c6cccc4c65)cc3)n2)cc1. The zero-order valence-corrected chi connectivity index (χ0v) is 30.7. The van der Waals surface area contributed by atoms with Crippen molar-refractivity contribution in [2.24, 2.45) is 0 Å². The van der Waals surface area contributed by atoms with Crippen molar-refractivity contribution in [3.05, 3.63) is 216 Å². The minimum absolute atomic E-state index is 0.631. The molecule has 4 heterocycles. The van der Waals surface area contributed by atoms with Crippen LogP contribution in [0.2, 0.25) is 0 Å². The first-order chi connectivity index (χ1) is 28.3. The van der Waals surface area contributed by atoms with E-state index >= 15 is 0 Å². The maximum atomic E-state index is 6.80. The average Bonchev–Trinajstić information content (AvgIpc) is 3.63. The Labute approximate surface area is 329 Å². The summed E-state index contributed by atoms with van der Waals surface area (Å²) in [6.07, 6.45) is 0. The van der Waals surface area contributed by atoms with Crippen molar-refractivity contribution in [2.45, 2.75) is 5.41 Å². The summed E-state index contributed by atoms with van der Waals surface area (Å²) in [5, 5.41) is 2.50. The van der Waals surface area contributed by atoms with Crippen molar-refractivity contribution in [1.29, 1.82) is 0 Å². The Morgan fingerprint density at radius 3 is 1.63 bits per heavy atom. The molecule has 0 aliphatic carbocycles. The van der Waals surface area contributed by atoms with Gasteiger partial charge in [0.2, 0.25) is 0 Å². The molecule has 2 aliphatic heterocycles. The summed E-state index contributed by atoms with van der Waals surface area (Å²) in [6, 6.07) is 68.4. The summed E-state index contributed by atoms with van der Waals surface area (Å²) in [5.74, 6) is 3.65. The minimum atomic E-state index is -0.632. The van der Waals surface area contributed by atoms with E-state index in [1.807, 2.05) is 60.7 Å². The van der Waals surface area contributed by atoms with Gasteiger partial charge in [-0.15, -0.1) is 0 Å². The predicted octanol–water partition coefficient (Wildman–Crippen LogP) is 12.4. The highest BCUT2D eigenvalue weighted by Gasteiger charge is 2.50. The Morgan fingerprint density at radius 2 is 0.895 bits per heavy atom. The number of para-hydroxylation sites is 4. The molecule has 5 nitrogen and oxygen atoms in total. The fourth-order valence-electron chi connectivity index (χ4n) is 9.25. The van der Waals surface area contributed by atoms with E-state index in [0.717, 1.165) is 50.4 Å². The summed E-state index contributed by atoms with van der Waals surface area (Å²) >= 11 is 0. The van der Waals surface area contributed by atoms with Crippen LogP contribution in [0.5, 0.6) is 11.5 Å². The lowest BCUT2D eigenvalue weighted by molar-refractivity contribution is 0.434. The molecule has 0 fully saturated rings. The van der Waals surface area contributed by atoms with Crippen molar-refractivity contribution in [1.82, 2.24) is 19.5 Å². The monoisotopic (exact) mass is 728 g/mol. The second-order valence-electron chi connectivity index (χ2n) is 14.7. The van der Waals surface area contributed by atoms with E-state index < -0.39 is 5.41 Å². The van der Waals surface area contributed by atoms with E-state index in [9.17, 15) is 0 Å². The van der Waals surface area contributed by atoms with Crippen LogP contribution in [0.15, 0.2) is 194 Å². The smallest absolute Gasteiger partial charge is 0.164 e. The van der Waals surface area contributed by atoms with Crippen LogP contribution < -0.4 is 4.74 Å². The van der Waals surface area contributed by atoms with Crippen molar-refractivity contribution in [3.8, 4) is 62.5 Å².